The number of nitrogens with one attached hydrogen (secondary N) is 2. The number of methoxy groups -OCH3 is 2. The molecule has 0 fully saturated rings. The van der Waals surface area contributed by atoms with Crippen LogP contribution >= 0.6 is 69.6 Å². The van der Waals surface area contributed by atoms with E-state index >= 15 is 0 Å². The highest BCUT2D eigenvalue weighted by Gasteiger charge is 2.48. The molecule has 6 aromatic rings. The predicted molar refractivity (Wildman–Crippen MR) is 251 cm³/mol. The number of aryl methyl sites for hydroxylation is 2. The Balaban J connectivity index is 1.47. The van der Waals surface area contributed by atoms with Gasteiger partial charge in [-0.1, -0.05) is 93.9 Å². The number of rotatable bonds is 14. The molecule has 2 heterocycles. The second kappa shape index (κ2) is 20.3. The summed E-state index contributed by atoms with van der Waals surface area (Å²) in [7, 11) is 2.87. The molecule has 0 spiro atoms. The highest BCUT2D eigenvalue weighted by molar-refractivity contribution is 6.68. The van der Waals surface area contributed by atoms with Crippen LogP contribution in [0.5, 0.6) is 11.5 Å². The van der Waals surface area contributed by atoms with E-state index < -0.39 is 60.7 Å². The van der Waals surface area contributed by atoms with Gasteiger partial charge in [-0.25, -0.2) is 31.7 Å². The van der Waals surface area contributed by atoms with Gasteiger partial charge in [-0.3, -0.25) is 9.59 Å². The summed E-state index contributed by atoms with van der Waals surface area (Å²) in [6.45, 7) is 4.21. The van der Waals surface area contributed by atoms with Crippen molar-refractivity contribution in [2.75, 3.05) is 24.9 Å². The molecular weight excluding hydrogens is 1030 g/mol. The van der Waals surface area contributed by atoms with Gasteiger partial charge in [-0.15, -0.1) is 0 Å². The smallest absolute Gasteiger partial charge is 0.497 e. The van der Waals surface area contributed by atoms with Crippen molar-refractivity contribution in [1.82, 2.24) is 19.6 Å². The standard InChI is InChI=1S/C45H38Cl6F4N6O7/c1-23-33(39(62)56-27-11-7-9-25(21-27)42(3,52)53)35(60(58-23)29-13-17-31(65-5)18-14-29)37(44(46,47)48)67-41(64)68-38(45(49,50)51)36-34(24(2)59-61(36)30-15-19-32(66-6)20-16-30)40(63)57-28-12-8-10-26(22-28)43(4,54)55/h7-22,37-38H,1-6H3,(H,56,62)(H,57,63). The molecule has 360 valence electrons. The summed E-state index contributed by atoms with van der Waals surface area (Å²) in [4.78, 5) is 42.9. The molecule has 13 nitrogen and oxygen atoms in total. The number of alkyl halides is 10. The van der Waals surface area contributed by atoms with Gasteiger partial charge in [0.05, 0.1) is 48.1 Å². The number of carbonyl (C=O) groups excluding carboxylic acids is 3. The van der Waals surface area contributed by atoms with E-state index in [0.717, 1.165) is 21.5 Å². The van der Waals surface area contributed by atoms with Crippen molar-refractivity contribution in [3.63, 3.8) is 0 Å². The van der Waals surface area contributed by atoms with Crippen molar-refractivity contribution in [1.29, 1.82) is 0 Å². The van der Waals surface area contributed by atoms with Crippen LogP contribution in [0.15, 0.2) is 97.1 Å². The van der Waals surface area contributed by atoms with Crippen LogP contribution < -0.4 is 20.1 Å². The van der Waals surface area contributed by atoms with Gasteiger partial charge >= 0.3 is 6.16 Å². The fourth-order valence-corrected chi connectivity index (χ4v) is 7.77. The number of aromatic nitrogens is 4. The van der Waals surface area contributed by atoms with E-state index in [1.54, 1.807) is 24.3 Å². The fourth-order valence-electron chi connectivity index (χ4n) is 6.88. The van der Waals surface area contributed by atoms with E-state index in [4.69, 9.17) is 88.6 Å². The zero-order valence-corrected chi connectivity index (χ0v) is 40.9. The Labute approximate surface area is 416 Å². The van der Waals surface area contributed by atoms with Gasteiger partial charge in [0.1, 0.15) is 22.9 Å². The van der Waals surface area contributed by atoms with E-state index in [9.17, 15) is 31.9 Å². The highest BCUT2D eigenvalue weighted by atomic mass is 35.6. The quantitative estimate of drug-likeness (QED) is 0.0618. The Hall–Kier alpha value is -5.43. The Morgan fingerprint density at radius 3 is 1.21 bits per heavy atom. The molecule has 0 bridgehead atoms. The Morgan fingerprint density at radius 1 is 0.574 bits per heavy atom. The van der Waals surface area contributed by atoms with Gasteiger partial charge in [0.15, 0.2) is 12.2 Å². The Kier molecular flexibility index (Phi) is 15.5. The van der Waals surface area contributed by atoms with Crippen LogP contribution in [0.25, 0.3) is 11.4 Å². The van der Waals surface area contributed by atoms with Crippen LogP contribution in [0.2, 0.25) is 0 Å². The third-order valence-electron chi connectivity index (χ3n) is 10.1. The summed E-state index contributed by atoms with van der Waals surface area (Å²) in [5.41, 5.74) is -1.84. The van der Waals surface area contributed by atoms with Crippen molar-refractivity contribution in [3.05, 3.63) is 142 Å². The predicted octanol–water partition coefficient (Wildman–Crippen LogP) is 13.1. The number of hydrogen-bond donors (Lipinski definition) is 2. The largest absolute Gasteiger partial charge is 0.509 e. The molecule has 0 aliphatic carbocycles. The SMILES string of the molecule is COc1ccc(-n2nc(C)c(C(=O)Nc3cccc(C(C)(F)F)c3)c2C(OC(=O)OC(c2c(C(=O)Nc3cccc(C(C)(F)F)c3)c(C)nn2-c2ccc(OC)cc2)C(Cl)(Cl)Cl)C(Cl)(Cl)Cl)cc1. The summed E-state index contributed by atoms with van der Waals surface area (Å²) in [6.07, 6.45) is -5.94. The van der Waals surface area contributed by atoms with Crippen molar-refractivity contribution in [2.45, 2.75) is 59.3 Å². The number of anilines is 2. The number of carbonyl (C=O) groups is 3. The molecule has 2 aromatic heterocycles. The van der Waals surface area contributed by atoms with E-state index in [0.29, 0.717) is 25.3 Å². The second-order valence-electron chi connectivity index (χ2n) is 15.1. The molecule has 2 atom stereocenters. The molecule has 68 heavy (non-hydrogen) atoms. The number of halogens is 10. The summed E-state index contributed by atoms with van der Waals surface area (Å²) in [6, 6.07) is 22.1. The molecular formula is C45H38Cl6F4N6O7. The van der Waals surface area contributed by atoms with E-state index in [1.165, 1.54) is 88.7 Å². The van der Waals surface area contributed by atoms with Crippen molar-refractivity contribution >= 4 is 99.0 Å². The molecule has 0 radical (unpaired) electrons. The lowest BCUT2D eigenvalue weighted by atomic mass is 10.1. The number of benzene rings is 4. The van der Waals surface area contributed by atoms with E-state index in [-0.39, 0.29) is 56.7 Å². The molecule has 4 aromatic carbocycles. The maximum absolute atomic E-state index is 14.4. The average molecular weight is 1060 g/mol. The maximum Gasteiger partial charge on any atom is 0.509 e. The molecule has 23 heteroatoms. The van der Waals surface area contributed by atoms with E-state index in [2.05, 4.69) is 20.8 Å². The number of ether oxygens (including phenoxy) is 4. The summed E-state index contributed by atoms with van der Waals surface area (Å²) < 4.78 is 76.4. The van der Waals surface area contributed by atoms with Crippen molar-refractivity contribution in [3.8, 4) is 22.9 Å². The lowest BCUT2D eigenvalue weighted by Gasteiger charge is -2.29. The van der Waals surface area contributed by atoms with Gasteiger partial charge in [-0.2, -0.15) is 10.2 Å². The molecule has 2 amide bonds. The van der Waals surface area contributed by atoms with Gasteiger partial charge < -0.3 is 29.6 Å². The monoisotopic (exact) mass is 1060 g/mol. The van der Waals surface area contributed by atoms with Gasteiger partial charge in [0, 0.05) is 36.3 Å². The van der Waals surface area contributed by atoms with Crippen molar-refractivity contribution in [2.24, 2.45) is 0 Å². The maximum atomic E-state index is 14.4. The Bertz CT molecular complexity index is 2630. The van der Waals surface area contributed by atoms with E-state index in [1.807, 2.05) is 0 Å². The second-order valence-corrected chi connectivity index (χ2v) is 19.8. The van der Waals surface area contributed by atoms with Crippen LogP contribution in [-0.4, -0.2) is 59.3 Å². The fraction of sp³-hybridized carbons (Fsp3) is 0.267. The minimum atomic E-state index is -3.27. The minimum Gasteiger partial charge on any atom is -0.497 e. The topological polar surface area (TPSA) is 148 Å². The van der Waals surface area contributed by atoms with Crippen LogP contribution in [0, 0.1) is 13.8 Å². The van der Waals surface area contributed by atoms with Crippen LogP contribution in [0.1, 0.15) is 80.7 Å². The highest BCUT2D eigenvalue weighted by Crippen LogP contribution is 2.48. The molecule has 2 unspecified atom stereocenters. The molecule has 6 rings (SSSR count). The summed E-state index contributed by atoms with van der Waals surface area (Å²) in [5, 5.41) is 14.1. The van der Waals surface area contributed by atoms with Crippen LogP contribution in [-0.2, 0) is 21.3 Å². The summed E-state index contributed by atoms with van der Waals surface area (Å²) in [5.74, 6) is -7.59. The number of hydrogen-bond acceptors (Lipinski definition) is 9. The molecule has 0 saturated heterocycles. The third kappa shape index (κ3) is 11.9. The van der Waals surface area contributed by atoms with Gasteiger partial charge in [0.2, 0.25) is 7.59 Å². The zero-order chi connectivity index (χ0) is 50.1. The average Bonchev–Trinajstić information content (AvgIpc) is 3.79. The first-order chi connectivity index (χ1) is 31.7. The van der Waals surface area contributed by atoms with Crippen molar-refractivity contribution < 1.29 is 50.9 Å². The molecule has 0 aliphatic heterocycles. The number of amides is 2. The molecule has 0 saturated carbocycles. The first-order valence-electron chi connectivity index (χ1n) is 19.8. The minimum absolute atomic E-state index is 0.0107. The number of nitrogens with zero attached hydrogens (tertiary/aromatic N) is 4. The summed E-state index contributed by atoms with van der Waals surface area (Å²) >= 11 is 39.5. The third-order valence-corrected chi connectivity index (χ3v) is 11.2. The van der Waals surface area contributed by atoms with Gasteiger partial charge in [-0.05, 0) is 86.6 Å². The lowest BCUT2D eigenvalue weighted by Crippen LogP contribution is -2.32. The molecule has 0 aliphatic rings. The first kappa shape index (κ1) is 52.0. The lowest BCUT2D eigenvalue weighted by molar-refractivity contribution is -0.00510. The van der Waals surface area contributed by atoms with Crippen LogP contribution in [0.3, 0.4) is 0 Å². The Morgan fingerprint density at radius 2 is 0.912 bits per heavy atom. The normalized spacial score (nSPS) is 13.1. The zero-order valence-electron chi connectivity index (χ0n) is 36.3. The van der Waals surface area contributed by atoms with Gasteiger partial charge in [0.25, 0.3) is 23.7 Å². The molecule has 2 N–H and O–H groups in total. The van der Waals surface area contributed by atoms with Crippen LogP contribution in [0.4, 0.5) is 33.7 Å². The first-order valence-corrected chi connectivity index (χ1v) is 22.1.